The number of hydrogen-bond acceptors (Lipinski definition) is 3. The van der Waals surface area contributed by atoms with Gasteiger partial charge in [-0.25, -0.2) is 4.98 Å². The Morgan fingerprint density at radius 2 is 2.22 bits per heavy atom. The molecule has 1 aliphatic carbocycles. The van der Waals surface area contributed by atoms with Gasteiger partial charge in [-0.1, -0.05) is 32.6 Å². The molecule has 1 heterocycles. The summed E-state index contributed by atoms with van der Waals surface area (Å²) in [4.78, 5) is 4.36. The standard InChI is InChI=1S/C15H24N2O/c1-2-12-18-14-8-5-10-16-15(14)17-11-9-13-6-3-4-7-13/h5,8,10,13H,2-4,6-7,9,11-12H2,1H3,(H,16,17). The summed E-state index contributed by atoms with van der Waals surface area (Å²) in [6.45, 7) is 3.87. The topological polar surface area (TPSA) is 34.1 Å². The van der Waals surface area contributed by atoms with Crippen molar-refractivity contribution in [1.29, 1.82) is 0 Å². The second-order valence-electron chi connectivity index (χ2n) is 5.06. The van der Waals surface area contributed by atoms with Crippen LogP contribution < -0.4 is 10.1 Å². The summed E-state index contributed by atoms with van der Waals surface area (Å²) in [5.41, 5.74) is 0. The minimum absolute atomic E-state index is 0.753. The van der Waals surface area contributed by atoms with Crippen LogP contribution in [0.4, 0.5) is 5.82 Å². The van der Waals surface area contributed by atoms with Crippen molar-refractivity contribution < 1.29 is 4.74 Å². The number of pyridine rings is 1. The van der Waals surface area contributed by atoms with E-state index in [0.717, 1.165) is 37.1 Å². The zero-order chi connectivity index (χ0) is 12.6. The molecule has 0 aliphatic heterocycles. The first-order valence-electron chi connectivity index (χ1n) is 7.22. The highest BCUT2D eigenvalue weighted by atomic mass is 16.5. The van der Waals surface area contributed by atoms with Gasteiger partial charge in [0.1, 0.15) is 0 Å². The predicted octanol–water partition coefficient (Wildman–Crippen LogP) is 3.86. The van der Waals surface area contributed by atoms with Crippen LogP contribution in [0.3, 0.4) is 0 Å². The maximum absolute atomic E-state index is 5.68. The molecule has 1 N–H and O–H groups in total. The summed E-state index contributed by atoms with van der Waals surface area (Å²) in [6, 6.07) is 3.91. The third-order valence-corrected chi connectivity index (χ3v) is 3.55. The highest BCUT2D eigenvalue weighted by Gasteiger charge is 2.14. The van der Waals surface area contributed by atoms with Gasteiger partial charge in [-0.2, -0.15) is 0 Å². The summed E-state index contributed by atoms with van der Waals surface area (Å²) in [5, 5.41) is 3.41. The summed E-state index contributed by atoms with van der Waals surface area (Å²) < 4.78 is 5.68. The molecule has 0 amide bonds. The monoisotopic (exact) mass is 248 g/mol. The van der Waals surface area contributed by atoms with E-state index in [0.29, 0.717) is 0 Å². The van der Waals surface area contributed by atoms with Gasteiger partial charge in [0.05, 0.1) is 6.61 Å². The molecule has 1 aromatic rings. The number of aromatic nitrogens is 1. The minimum atomic E-state index is 0.753. The molecule has 1 fully saturated rings. The highest BCUT2D eigenvalue weighted by molar-refractivity contribution is 5.49. The molecular formula is C15H24N2O. The number of nitrogens with one attached hydrogen (secondary N) is 1. The average Bonchev–Trinajstić information content (AvgIpc) is 2.91. The summed E-state index contributed by atoms with van der Waals surface area (Å²) >= 11 is 0. The predicted molar refractivity (Wildman–Crippen MR) is 75.1 cm³/mol. The molecule has 3 heteroatoms. The van der Waals surface area contributed by atoms with E-state index in [1.165, 1.54) is 32.1 Å². The first-order chi connectivity index (χ1) is 8.90. The largest absolute Gasteiger partial charge is 0.490 e. The first-order valence-corrected chi connectivity index (χ1v) is 7.22. The van der Waals surface area contributed by atoms with Crippen molar-refractivity contribution in [2.24, 2.45) is 5.92 Å². The highest BCUT2D eigenvalue weighted by Crippen LogP contribution is 2.28. The van der Waals surface area contributed by atoms with Crippen LogP contribution >= 0.6 is 0 Å². The number of hydrogen-bond donors (Lipinski definition) is 1. The van der Waals surface area contributed by atoms with Gasteiger partial charge in [0.2, 0.25) is 0 Å². The van der Waals surface area contributed by atoms with Crippen LogP contribution in [-0.2, 0) is 0 Å². The Morgan fingerprint density at radius 3 is 3.00 bits per heavy atom. The maximum Gasteiger partial charge on any atom is 0.168 e. The van der Waals surface area contributed by atoms with Crippen LogP contribution in [0.2, 0.25) is 0 Å². The maximum atomic E-state index is 5.68. The van der Waals surface area contributed by atoms with Crippen LogP contribution in [0.5, 0.6) is 5.75 Å². The van der Waals surface area contributed by atoms with Gasteiger partial charge in [0.25, 0.3) is 0 Å². The van der Waals surface area contributed by atoms with Crippen molar-refractivity contribution in [2.45, 2.75) is 45.4 Å². The molecule has 1 aliphatic rings. The van der Waals surface area contributed by atoms with Gasteiger partial charge in [0.15, 0.2) is 11.6 Å². The Balaban J connectivity index is 1.79. The Hall–Kier alpha value is -1.25. The second kappa shape index (κ2) is 7.24. The van der Waals surface area contributed by atoms with Gasteiger partial charge >= 0.3 is 0 Å². The van der Waals surface area contributed by atoms with Crippen molar-refractivity contribution in [2.75, 3.05) is 18.5 Å². The second-order valence-corrected chi connectivity index (χ2v) is 5.06. The van der Waals surface area contributed by atoms with E-state index in [-0.39, 0.29) is 0 Å². The van der Waals surface area contributed by atoms with E-state index >= 15 is 0 Å². The van der Waals surface area contributed by atoms with Crippen molar-refractivity contribution in [3.63, 3.8) is 0 Å². The fraction of sp³-hybridized carbons (Fsp3) is 0.667. The molecule has 3 nitrogen and oxygen atoms in total. The molecule has 0 aromatic carbocycles. The molecule has 0 spiro atoms. The van der Waals surface area contributed by atoms with Crippen molar-refractivity contribution in [1.82, 2.24) is 4.98 Å². The summed E-state index contributed by atoms with van der Waals surface area (Å²) in [5.74, 6) is 2.69. The van der Waals surface area contributed by atoms with Crippen molar-refractivity contribution >= 4 is 5.82 Å². The smallest absolute Gasteiger partial charge is 0.168 e. The van der Waals surface area contributed by atoms with Crippen LogP contribution in [-0.4, -0.2) is 18.1 Å². The molecule has 0 bridgehead atoms. The lowest BCUT2D eigenvalue weighted by molar-refractivity contribution is 0.317. The van der Waals surface area contributed by atoms with E-state index in [1.807, 2.05) is 18.3 Å². The molecular weight excluding hydrogens is 224 g/mol. The van der Waals surface area contributed by atoms with Gasteiger partial charge in [-0.05, 0) is 30.9 Å². The fourth-order valence-electron chi connectivity index (χ4n) is 2.55. The van der Waals surface area contributed by atoms with Crippen molar-refractivity contribution in [3.05, 3.63) is 18.3 Å². The summed E-state index contributed by atoms with van der Waals surface area (Å²) in [6.07, 6.45) is 9.74. The normalized spacial score (nSPS) is 15.8. The van der Waals surface area contributed by atoms with Crippen LogP contribution in [0.1, 0.15) is 45.4 Å². The van der Waals surface area contributed by atoms with E-state index < -0.39 is 0 Å². The zero-order valence-corrected chi connectivity index (χ0v) is 11.3. The van der Waals surface area contributed by atoms with E-state index in [4.69, 9.17) is 4.74 Å². The lowest BCUT2D eigenvalue weighted by atomic mass is 10.0. The summed E-state index contributed by atoms with van der Waals surface area (Å²) in [7, 11) is 0. The van der Waals surface area contributed by atoms with Crippen LogP contribution in [0.15, 0.2) is 18.3 Å². The Bertz CT molecular complexity index is 348. The molecule has 100 valence electrons. The molecule has 1 aromatic heterocycles. The number of ether oxygens (including phenoxy) is 1. The molecule has 0 atom stereocenters. The molecule has 0 radical (unpaired) electrons. The lowest BCUT2D eigenvalue weighted by Crippen LogP contribution is -2.09. The first kappa shape index (κ1) is 13.2. The molecule has 0 unspecified atom stereocenters. The third-order valence-electron chi connectivity index (χ3n) is 3.55. The van der Waals surface area contributed by atoms with E-state index in [2.05, 4.69) is 17.2 Å². The Labute approximate surface area is 110 Å². The van der Waals surface area contributed by atoms with Gasteiger partial charge in [-0.3, -0.25) is 0 Å². The van der Waals surface area contributed by atoms with Gasteiger partial charge in [-0.15, -0.1) is 0 Å². The quantitative estimate of drug-likeness (QED) is 0.795. The molecule has 18 heavy (non-hydrogen) atoms. The fourth-order valence-corrected chi connectivity index (χ4v) is 2.55. The molecule has 2 rings (SSSR count). The van der Waals surface area contributed by atoms with Gasteiger partial charge in [0, 0.05) is 12.7 Å². The Morgan fingerprint density at radius 1 is 1.39 bits per heavy atom. The number of rotatable bonds is 7. The average molecular weight is 248 g/mol. The lowest BCUT2D eigenvalue weighted by Gasteiger charge is -2.13. The van der Waals surface area contributed by atoms with Gasteiger partial charge < -0.3 is 10.1 Å². The number of nitrogens with zero attached hydrogens (tertiary/aromatic N) is 1. The third kappa shape index (κ3) is 3.90. The number of anilines is 1. The molecule has 1 saturated carbocycles. The zero-order valence-electron chi connectivity index (χ0n) is 11.3. The van der Waals surface area contributed by atoms with E-state index in [9.17, 15) is 0 Å². The van der Waals surface area contributed by atoms with Crippen molar-refractivity contribution in [3.8, 4) is 5.75 Å². The SMILES string of the molecule is CCCOc1cccnc1NCCC1CCCC1. The Kier molecular flexibility index (Phi) is 5.31. The van der Waals surface area contributed by atoms with Crippen LogP contribution in [0.25, 0.3) is 0 Å². The minimum Gasteiger partial charge on any atom is -0.490 e. The van der Waals surface area contributed by atoms with E-state index in [1.54, 1.807) is 0 Å². The molecule has 0 saturated heterocycles. The van der Waals surface area contributed by atoms with Crippen LogP contribution in [0, 0.1) is 5.92 Å².